The van der Waals surface area contributed by atoms with Crippen molar-refractivity contribution in [1.82, 2.24) is 15.2 Å². The third-order valence-corrected chi connectivity index (χ3v) is 7.16. The van der Waals surface area contributed by atoms with Crippen LogP contribution in [-0.4, -0.2) is 27.7 Å². The first-order chi connectivity index (χ1) is 18.6. The molecular formula is C32H32FN3O2. The number of benzene rings is 3. The number of aromatic amines is 1. The smallest absolute Gasteiger partial charge is 0.271 e. The predicted octanol–water partition coefficient (Wildman–Crippen LogP) is 6.65. The Morgan fingerprint density at radius 1 is 0.842 bits per heavy atom. The minimum absolute atomic E-state index is 0.0723. The zero-order valence-electron chi connectivity index (χ0n) is 21.3. The first-order valence-electron chi connectivity index (χ1n) is 13.2. The summed E-state index contributed by atoms with van der Waals surface area (Å²) in [5.74, 6) is -0.940. The number of nitrogens with zero attached hydrogens (tertiary/aromatic N) is 1. The van der Waals surface area contributed by atoms with Crippen molar-refractivity contribution in [1.29, 1.82) is 0 Å². The van der Waals surface area contributed by atoms with E-state index in [1.807, 2.05) is 66.7 Å². The van der Waals surface area contributed by atoms with E-state index >= 15 is 0 Å². The summed E-state index contributed by atoms with van der Waals surface area (Å²) < 4.78 is 13.9. The highest BCUT2D eigenvalue weighted by atomic mass is 19.1. The standard InChI is InChI=1S/C32H32FN3O2/c33-26-18-16-25(17-19-26)30(31(37)34-27-14-8-3-9-15-27)36(22-23-10-4-1-5-11-23)32(38)29-21-20-28(35-29)24-12-6-2-7-13-24/h1-2,4-7,10-13,16-21,27,30,35H,3,8-9,14-15,22H2,(H,34,37). The van der Waals surface area contributed by atoms with Gasteiger partial charge in [0.1, 0.15) is 17.6 Å². The third-order valence-electron chi connectivity index (χ3n) is 7.16. The van der Waals surface area contributed by atoms with Crippen molar-refractivity contribution in [2.24, 2.45) is 0 Å². The summed E-state index contributed by atoms with van der Waals surface area (Å²) in [6.45, 7) is 0.222. The molecule has 0 aliphatic heterocycles. The second-order valence-corrected chi connectivity index (χ2v) is 9.87. The van der Waals surface area contributed by atoms with Gasteiger partial charge in [-0.15, -0.1) is 0 Å². The highest BCUT2D eigenvalue weighted by Crippen LogP contribution is 2.28. The van der Waals surface area contributed by atoms with E-state index in [1.54, 1.807) is 23.1 Å². The molecule has 194 valence electrons. The molecule has 1 fully saturated rings. The Hall–Kier alpha value is -4.19. The minimum atomic E-state index is -0.922. The van der Waals surface area contributed by atoms with Gasteiger partial charge in [0, 0.05) is 18.3 Å². The fraction of sp³-hybridized carbons (Fsp3) is 0.250. The number of H-pyrrole nitrogens is 1. The number of halogens is 1. The van der Waals surface area contributed by atoms with Gasteiger partial charge in [0.2, 0.25) is 5.91 Å². The van der Waals surface area contributed by atoms with Crippen LogP contribution in [0, 0.1) is 5.82 Å². The van der Waals surface area contributed by atoms with Gasteiger partial charge < -0.3 is 15.2 Å². The van der Waals surface area contributed by atoms with E-state index in [4.69, 9.17) is 0 Å². The maximum atomic E-state index is 14.1. The van der Waals surface area contributed by atoms with Crippen LogP contribution in [0.3, 0.4) is 0 Å². The van der Waals surface area contributed by atoms with Crippen molar-refractivity contribution >= 4 is 11.8 Å². The molecular weight excluding hydrogens is 477 g/mol. The van der Waals surface area contributed by atoms with Crippen LogP contribution in [0.1, 0.15) is 59.8 Å². The summed E-state index contributed by atoms with van der Waals surface area (Å²) in [6, 6.07) is 28.0. The molecule has 0 radical (unpaired) electrons. The quantitative estimate of drug-likeness (QED) is 0.279. The number of carbonyl (C=O) groups is 2. The molecule has 0 bridgehead atoms. The zero-order valence-corrected chi connectivity index (χ0v) is 21.3. The summed E-state index contributed by atoms with van der Waals surface area (Å²) in [7, 11) is 0. The van der Waals surface area contributed by atoms with E-state index in [1.165, 1.54) is 18.6 Å². The predicted molar refractivity (Wildman–Crippen MR) is 147 cm³/mol. The SMILES string of the molecule is O=C(NC1CCCCC1)C(c1ccc(F)cc1)N(Cc1ccccc1)C(=O)c1ccc(-c2ccccc2)[nH]1. The molecule has 0 spiro atoms. The molecule has 1 aliphatic rings. The molecule has 1 saturated carbocycles. The molecule has 1 aromatic heterocycles. The fourth-order valence-electron chi connectivity index (χ4n) is 5.17. The van der Waals surface area contributed by atoms with Crippen molar-refractivity contribution in [3.63, 3.8) is 0 Å². The van der Waals surface area contributed by atoms with Crippen molar-refractivity contribution in [3.05, 3.63) is 120 Å². The monoisotopic (exact) mass is 509 g/mol. The lowest BCUT2D eigenvalue weighted by Gasteiger charge is -2.33. The summed E-state index contributed by atoms with van der Waals surface area (Å²) in [5.41, 5.74) is 3.63. The van der Waals surface area contributed by atoms with Gasteiger partial charge in [0.25, 0.3) is 5.91 Å². The Labute approximate surface area is 222 Å². The molecule has 1 unspecified atom stereocenters. The van der Waals surface area contributed by atoms with Crippen LogP contribution >= 0.6 is 0 Å². The van der Waals surface area contributed by atoms with Gasteiger partial charge >= 0.3 is 0 Å². The van der Waals surface area contributed by atoms with Crippen LogP contribution in [0.2, 0.25) is 0 Å². The van der Waals surface area contributed by atoms with Gasteiger partial charge in [-0.05, 0) is 53.8 Å². The maximum absolute atomic E-state index is 14.1. The van der Waals surface area contributed by atoms with Crippen LogP contribution in [-0.2, 0) is 11.3 Å². The number of nitrogens with one attached hydrogen (secondary N) is 2. The van der Waals surface area contributed by atoms with Gasteiger partial charge in [0.05, 0.1) is 0 Å². The molecule has 38 heavy (non-hydrogen) atoms. The molecule has 0 saturated heterocycles. The Bertz CT molecular complexity index is 1350. The molecule has 1 atom stereocenters. The van der Waals surface area contributed by atoms with E-state index in [2.05, 4.69) is 10.3 Å². The minimum Gasteiger partial charge on any atom is -0.351 e. The lowest BCUT2D eigenvalue weighted by atomic mass is 9.94. The van der Waals surface area contributed by atoms with Gasteiger partial charge in [-0.25, -0.2) is 4.39 Å². The Morgan fingerprint density at radius 3 is 2.18 bits per heavy atom. The molecule has 1 heterocycles. The highest BCUT2D eigenvalue weighted by molar-refractivity contribution is 5.97. The van der Waals surface area contributed by atoms with Crippen molar-refractivity contribution in [3.8, 4) is 11.3 Å². The number of rotatable bonds is 8. The number of carbonyl (C=O) groups excluding carboxylic acids is 2. The zero-order chi connectivity index (χ0) is 26.3. The molecule has 5 nitrogen and oxygen atoms in total. The van der Waals surface area contributed by atoms with Crippen LogP contribution in [0.25, 0.3) is 11.3 Å². The van der Waals surface area contributed by atoms with Gasteiger partial charge in [-0.2, -0.15) is 0 Å². The van der Waals surface area contributed by atoms with Gasteiger partial charge in [0.15, 0.2) is 0 Å². The number of aromatic nitrogens is 1. The van der Waals surface area contributed by atoms with Crippen LogP contribution < -0.4 is 5.32 Å². The van der Waals surface area contributed by atoms with Crippen LogP contribution in [0.15, 0.2) is 97.1 Å². The average Bonchev–Trinajstić information content (AvgIpc) is 3.45. The van der Waals surface area contributed by atoms with Crippen LogP contribution in [0.5, 0.6) is 0 Å². The van der Waals surface area contributed by atoms with E-state index in [9.17, 15) is 14.0 Å². The third kappa shape index (κ3) is 6.02. The second-order valence-electron chi connectivity index (χ2n) is 9.87. The first-order valence-corrected chi connectivity index (χ1v) is 13.2. The summed E-state index contributed by atoms with van der Waals surface area (Å²) >= 11 is 0. The fourth-order valence-corrected chi connectivity index (χ4v) is 5.17. The molecule has 1 aliphatic carbocycles. The van der Waals surface area contributed by atoms with Crippen molar-refractivity contribution in [2.75, 3.05) is 0 Å². The topological polar surface area (TPSA) is 65.2 Å². The molecule has 4 aromatic rings. The maximum Gasteiger partial charge on any atom is 0.271 e. The van der Waals surface area contributed by atoms with Crippen molar-refractivity contribution in [2.45, 2.75) is 50.7 Å². The van der Waals surface area contributed by atoms with Crippen molar-refractivity contribution < 1.29 is 14.0 Å². The average molecular weight is 510 g/mol. The number of hydrogen-bond acceptors (Lipinski definition) is 2. The number of hydrogen-bond donors (Lipinski definition) is 2. The lowest BCUT2D eigenvalue weighted by molar-refractivity contribution is -0.127. The van der Waals surface area contributed by atoms with E-state index in [0.29, 0.717) is 11.3 Å². The Kier molecular flexibility index (Phi) is 7.98. The summed E-state index contributed by atoms with van der Waals surface area (Å²) in [6.07, 6.45) is 5.16. The number of amides is 2. The van der Waals surface area contributed by atoms with Gasteiger partial charge in [-0.3, -0.25) is 9.59 Å². The van der Waals surface area contributed by atoms with E-state index in [-0.39, 0.29) is 24.4 Å². The normalized spacial score (nSPS) is 14.6. The summed E-state index contributed by atoms with van der Waals surface area (Å²) in [4.78, 5) is 32.8. The Morgan fingerprint density at radius 2 is 1.50 bits per heavy atom. The molecule has 2 N–H and O–H groups in total. The lowest BCUT2D eigenvalue weighted by Crippen LogP contribution is -2.47. The van der Waals surface area contributed by atoms with Crippen LogP contribution in [0.4, 0.5) is 4.39 Å². The largest absolute Gasteiger partial charge is 0.351 e. The molecule has 6 heteroatoms. The Balaban J connectivity index is 1.52. The molecule has 2 amide bonds. The summed E-state index contributed by atoms with van der Waals surface area (Å²) in [5, 5.41) is 3.20. The van der Waals surface area contributed by atoms with E-state index in [0.717, 1.165) is 42.5 Å². The van der Waals surface area contributed by atoms with E-state index < -0.39 is 11.9 Å². The first kappa shape index (κ1) is 25.5. The molecule has 5 rings (SSSR count). The molecule has 3 aromatic carbocycles. The highest BCUT2D eigenvalue weighted by Gasteiger charge is 2.34. The van der Waals surface area contributed by atoms with Gasteiger partial charge in [-0.1, -0.05) is 92.1 Å². The second kappa shape index (κ2) is 11.9.